The molecule has 4 nitrogen and oxygen atoms in total. The molecule has 0 spiro atoms. The summed E-state index contributed by atoms with van der Waals surface area (Å²) in [5.41, 5.74) is 9.29. The van der Waals surface area contributed by atoms with Crippen LogP contribution in [0.5, 0.6) is 5.75 Å². The zero-order valence-electron chi connectivity index (χ0n) is 9.65. The molecular weight excluding hydrogens is 202 g/mol. The van der Waals surface area contributed by atoms with Gasteiger partial charge < -0.3 is 10.8 Å². The van der Waals surface area contributed by atoms with E-state index in [2.05, 4.69) is 5.10 Å². The SMILES string of the molecule is Cc1ccc(C)c(-c2cnn(C)c2N)c1O. The van der Waals surface area contributed by atoms with Crippen LogP contribution in [0.15, 0.2) is 18.3 Å². The van der Waals surface area contributed by atoms with Crippen molar-refractivity contribution in [3.05, 3.63) is 29.5 Å². The van der Waals surface area contributed by atoms with Gasteiger partial charge in [-0.15, -0.1) is 0 Å². The number of nitrogens with two attached hydrogens (primary N) is 1. The van der Waals surface area contributed by atoms with Crippen LogP contribution >= 0.6 is 0 Å². The molecule has 0 fully saturated rings. The van der Waals surface area contributed by atoms with Crippen LogP contribution in [0, 0.1) is 13.8 Å². The quantitative estimate of drug-likeness (QED) is 0.767. The van der Waals surface area contributed by atoms with E-state index in [1.54, 1.807) is 17.9 Å². The van der Waals surface area contributed by atoms with Gasteiger partial charge in [0.15, 0.2) is 0 Å². The third kappa shape index (κ3) is 1.43. The molecule has 0 amide bonds. The van der Waals surface area contributed by atoms with Gasteiger partial charge in [0, 0.05) is 18.2 Å². The number of anilines is 1. The van der Waals surface area contributed by atoms with Gasteiger partial charge in [-0.1, -0.05) is 12.1 Å². The van der Waals surface area contributed by atoms with E-state index in [0.29, 0.717) is 5.82 Å². The molecule has 1 heterocycles. The predicted octanol–water partition coefficient (Wildman–Crippen LogP) is 1.99. The Labute approximate surface area is 94.3 Å². The molecular formula is C12H15N3O. The average molecular weight is 217 g/mol. The molecule has 2 rings (SSSR count). The Morgan fingerprint density at radius 2 is 1.88 bits per heavy atom. The number of nitrogens with zero attached hydrogens (tertiary/aromatic N) is 2. The normalized spacial score (nSPS) is 10.7. The van der Waals surface area contributed by atoms with Gasteiger partial charge in [0.05, 0.1) is 6.20 Å². The van der Waals surface area contributed by atoms with Crippen LogP contribution in [-0.2, 0) is 7.05 Å². The van der Waals surface area contributed by atoms with Gasteiger partial charge in [-0.2, -0.15) is 5.10 Å². The minimum absolute atomic E-state index is 0.278. The third-order valence-electron chi connectivity index (χ3n) is 2.84. The lowest BCUT2D eigenvalue weighted by atomic mass is 9.99. The zero-order chi connectivity index (χ0) is 11.9. The molecule has 2 aromatic rings. The summed E-state index contributed by atoms with van der Waals surface area (Å²) in [5, 5.41) is 14.2. The van der Waals surface area contributed by atoms with Gasteiger partial charge in [-0.05, 0) is 25.0 Å². The summed E-state index contributed by atoms with van der Waals surface area (Å²) < 4.78 is 1.59. The summed E-state index contributed by atoms with van der Waals surface area (Å²) in [7, 11) is 1.78. The molecule has 84 valence electrons. The number of rotatable bonds is 1. The van der Waals surface area contributed by atoms with Crippen LogP contribution in [-0.4, -0.2) is 14.9 Å². The van der Waals surface area contributed by atoms with Crippen molar-refractivity contribution in [2.45, 2.75) is 13.8 Å². The first-order chi connectivity index (χ1) is 7.52. The molecule has 0 atom stereocenters. The summed E-state index contributed by atoms with van der Waals surface area (Å²) >= 11 is 0. The first-order valence-corrected chi connectivity index (χ1v) is 5.09. The lowest BCUT2D eigenvalue weighted by Crippen LogP contribution is -1.98. The molecule has 0 unspecified atom stereocenters. The zero-order valence-corrected chi connectivity index (χ0v) is 9.65. The molecule has 0 radical (unpaired) electrons. The van der Waals surface area contributed by atoms with Crippen LogP contribution in [0.25, 0.3) is 11.1 Å². The molecule has 0 aliphatic carbocycles. The van der Waals surface area contributed by atoms with E-state index in [-0.39, 0.29) is 5.75 Å². The number of phenolic OH excluding ortho intramolecular Hbond substituents is 1. The molecule has 0 saturated carbocycles. The van der Waals surface area contributed by atoms with E-state index in [4.69, 9.17) is 5.73 Å². The lowest BCUT2D eigenvalue weighted by molar-refractivity contribution is 0.473. The maximum atomic E-state index is 10.1. The molecule has 0 aliphatic heterocycles. The minimum Gasteiger partial charge on any atom is -0.507 e. The fourth-order valence-electron chi connectivity index (χ4n) is 1.78. The number of hydrogen-bond acceptors (Lipinski definition) is 3. The second kappa shape index (κ2) is 3.56. The monoisotopic (exact) mass is 217 g/mol. The van der Waals surface area contributed by atoms with Gasteiger partial charge >= 0.3 is 0 Å². The molecule has 16 heavy (non-hydrogen) atoms. The fourth-order valence-corrected chi connectivity index (χ4v) is 1.78. The van der Waals surface area contributed by atoms with Crippen molar-refractivity contribution < 1.29 is 5.11 Å². The van der Waals surface area contributed by atoms with E-state index in [1.165, 1.54) is 0 Å². The number of aromatic hydroxyl groups is 1. The maximum Gasteiger partial charge on any atom is 0.129 e. The van der Waals surface area contributed by atoms with Gasteiger partial charge in [0.25, 0.3) is 0 Å². The van der Waals surface area contributed by atoms with Crippen molar-refractivity contribution in [3.63, 3.8) is 0 Å². The lowest BCUT2D eigenvalue weighted by Gasteiger charge is -2.10. The number of aromatic nitrogens is 2. The molecule has 0 bridgehead atoms. The Hall–Kier alpha value is -1.97. The number of nitrogen functional groups attached to an aromatic ring is 1. The molecule has 0 aliphatic rings. The fraction of sp³-hybridized carbons (Fsp3) is 0.250. The minimum atomic E-state index is 0.278. The summed E-state index contributed by atoms with van der Waals surface area (Å²) in [6.45, 7) is 3.81. The molecule has 4 heteroatoms. The van der Waals surface area contributed by atoms with Gasteiger partial charge in [-0.3, -0.25) is 4.68 Å². The van der Waals surface area contributed by atoms with Crippen molar-refractivity contribution in [1.82, 2.24) is 9.78 Å². The van der Waals surface area contributed by atoms with Crippen LogP contribution in [0.1, 0.15) is 11.1 Å². The van der Waals surface area contributed by atoms with Crippen LogP contribution in [0.2, 0.25) is 0 Å². The first kappa shape index (κ1) is 10.5. The second-order valence-corrected chi connectivity index (χ2v) is 3.99. The third-order valence-corrected chi connectivity index (χ3v) is 2.84. The highest BCUT2D eigenvalue weighted by Crippen LogP contribution is 2.37. The summed E-state index contributed by atoms with van der Waals surface area (Å²) in [5.74, 6) is 0.837. The highest BCUT2D eigenvalue weighted by molar-refractivity contribution is 5.81. The molecule has 1 aromatic carbocycles. The summed E-state index contributed by atoms with van der Waals surface area (Å²) in [4.78, 5) is 0. The number of benzene rings is 1. The predicted molar refractivity (Wildman–Crippen MR) is 64.2 cm³/mol. The average Bonchev–Trinajstić information content (AvgIpc) is 2.56. The van der Waals surface area contributed by atoms with Crippen molar-refractivity contribution >= 4 is 5.82 Å². The van der Waals surface area contributed by atoms with Crippen molar-refractivity contribution in [1.29, 1.82) is 0 Å². The first-order valence-electron chi connectivity index (χ1n) is 5.09. The van der Waals surface area contributed by atoms with E-state index in [1.807, 2.05) is 26.0 Å². The van der Waals surface area contributed by atoms with Crippen molar-refractivity contribution in [2.24, 2.45) is 7.05 Å². The van der Waals surface area contributed by atoms with Crippen LogP contribution in [0.3, 0.4) is 0 Å². The molecule has 1 aromatic heterocycles. The Bertz CT molecular complexity index is 543. The second-order valence-electron chi connectivity index (χ2n) is 3.99. The smallest absolute Gasteiger partial charge is 0.129 e. The summed E-state index contributed by atoms with van der Waals surface area (Å²) in [6, 6.07) is 3.86. The standard InChI is InChI=1S/C12H15N3O/c1-7-4-5-8(2)11(16)10(7)9-6-14-15(3)12(9)13/h4-6,16H,13H2,1-3H3. The van der Waals surface area contributed by atoms with Gasteiger partial charge in [0.1, 0.15) is 11.6 Å². The van der Waals surface area contributed by atoms with Crippen LogP contribution in [0.4, 0.5) is 5.82 Å². The highest BCUT2D eigenvalue weighted by atomic mass is 16.3. The Morgan fingerprint density at radius 3 is 2.44 bits per heavy atom. The Balaban J connectivity index is 2.73. The Morgan fingerprint density at radius 1 is 1.25 bits per heavy atom. The van der Waals surface area contributed by atoms with Crippen molar-refractivity contribution in [2.75, 3.05) is 5.73 Å². The topological polar surface area (TPSA) is 64.1 Å². The van der Waals surface area contributed by atoms with E-state index < -0.39 is 0 Å². The van der Waals surface area contributed by atoms with Crippen molar-refractivity contribution in [3.8, 4) is 16.9 Å². The van der Waals surface area contributed by atoms with E-state index in [0.717, 1.165) is 22.3 Å². The molecule has 0 saturated heterocycles. The van der Waals surface area contributed by atoms with E-state index in [9.17, 15) is 5.11 Å². The van der Waals surface area contributed by atoms with E-state index >= 15 is 0 Å². The maximum absolute atomic E-state index is 10.1. The number of hydrogen-bond donors (Lipinski definition) is 2. The van der Waals surface area contributed by atoms with Crippen LogP contribution < -0.4 is 5.73 Å². The van der Waals surface area contributed by atoms with Gasteiger partial charge in [0.2, 0.25) is 0 Å². The largest absolute Gasteiger partial charge is 0.507 e. The number of aryl methyl sites for hydroxylation is 3. The number of phenols is 1. The molecule has 3 N–H and O–H groups in total. The summed E-state index contributed by atoms with van der Waals surface area (Å²) in [6.07, 6.45) is 1.68. The Kier molecular flexibility index (Phi) is 2.34. The highest BCUT2D eigenvalue weighted by Gasteiger charge is 2.15. The van der Waals surface area contributed by atoms with Gasteiger partial charge in [-0.25, -0.2) is 0 Å².